The predicted molar refractivity (Wildman–Crippen MR) is 91.9 cm³/mol. The fourth-order valence-electron chi connectivity index (χ4n) is 2.41. The number of hydrogen-bond acceptors (Lipinski definition) is 5. The van der Waals surface area contributed by atoms with Gasteiger partial charge >= 0.3 is 6.09 Å². The van der Waals surface area contributed by atoms with Crippen LogP contribution in [0.25, 0.3) is 0 Å². The van der Waals surface area contributed by atoms with Crippen LogP contribution in [0.2, 0.25) is 0 Å². The minimum atomic E-state index is -0.534. The molecule has 0 atom stereocenters. The van der Waals surface area contributed by atoms with Crippen molar-refractivity contribution < 1.29 is 18.8 Å². The van der Waals surface area contributed by atoms with Crippen molar-refractivity contribution in [3.8, 4) is 0 Å². The first-order valence-corrected chi connectivity index (χ1v) is 8.21. The van der Waals surface area contributed by atoms with Gasteiger partial charge in [0.05, 0.1) is 24.6 Å². The standard InChI is InChI=1S/C16H15IN2O4/c1-19(16(21)22-2)13-7-10(17)5-6-11(13)14(20)12-8-18-23-15(12)9-3-4-9/h5-9H,3-4H2,1-2H3. The normalized spacial score (nSPS) is 13.7. The Bertz CT molecular complexity index is 767. The van der Waals surface area contributed by atoms with E-state index in [1.54, 1.807) is 19.2 Å². The molecule has 0 aliphatic heterocycles. The number of anilines is 1. The molecule has 1 saturated carbocycles. The topological polar surface area (TPSA) is 72.6 Å². The molecule has 0 bridgehead atoms. The number of carbonyl (C=O) groups is 2. The fourth-order valence-corrected chi connectivity index (χ4v) is 2.89. The maximum absolute atomic E-state index is 12.9. The smallest absolute Gasteiger partial charge is 0.413 e. The van der Waals surface area contributed by atoms with Gasteiger partial charge in [-0.2, -0.15) is 0 Å². The van der Waals surface area contributed by atoms with Crippen LogP contribution in [0.1, 0.15) is 40.4 Å². The minimum Gasteiger partial charge on any atom is -0.452 e. The third-order valence-electron chi connectivity index (χ3n) is 3.81. The van der Waals surface area contributed by atoms with E-state index in [9.17, 15) is 9.59 Å². The highest BCUT2D eigenvalue weighted by atomic mass is 127. The summed E-state index contributed by atoms with van der Waals surface area (Å²) >= 11 is 2.13. The Morgan fingerprint density at radius 3 is 2.74 bits per heavy atom. The molecule has 23 heavy (non-hydrogen) atoms. The number of hydrogen-bond donors (Lipinski definition) is 0. The molecule has 2 aromatic rings. The number of halogens is 1. The van der Waals surface area contributed by atoms with Gasteiger partial charge in [0.25, 0.3) is 0 Å². The molecule has 1 aromatic heterocycles. The number of ether oxygens (including phenoxy) is 1. The SMILES string of the molecule is COC(=O)N(C)c1cc(I)ccc1C(=O)c1cnoc1C1CC1. The first-order chi connectivity index (χ1) is 11.0. The molecule has 1 aliphatic rings. The number of ketones is 1. The van der Waals surface area contributed by atoms with Crippen LogP contribution in [0.5, 0.6) is 0 Å². The summed E-state index contributed by atoms with van der Waals surface area (Å²) in [4.78, 5) is 26.1. The number of benzene rings is 1. The quantitative estimate of drug-likeness (QED) is 0.552. The Morgan fingerprint density at radius 1 is 1.35 bits per heavy atom. The van der Waals surface area contributed by atoms with Gasteiger partial charge in [0, 0.05) is 22.1 Å². The highest BCUT2D eigenvalue weighted by Crippen LogP contribution is 2.42. The Hall–Kier alpha value is -1.90. The molecular weight excluding hydrogens is 411 g/mol. The molecule has 0 N–H and O–H groups in total. The molecule has 1 aliphatic carbocycles. The molecule has 120 valence electrons. The molecule has 1 aromatic carbocycles. The van der Waals surface area contributed by atoms with Gasteiger partial charge < -0.3 is 9.26 Å². The average molecular weight is 426 g/mol. The third kappa shape index (κ3) is 3.10. The van der Waals surface area contributed by atoms with Crippen molar-refractivity contribution in [2.24, 2.45) is 0 Å². The second-order valence-corrected chi connectivity index (χ2v) is 6.64. The molecule has 1 heterocycles. The Labute approximate surface area is 146 Å². The van der Waals surface area contributed by atoms with Crippen LogP contribution < -0.4 is 4.90 Å². The van der Waals surface area contributed by atoms with Gasteiger partial charge in [0.1, 0.15) is 0 Å². The predicted octanol–water partition coefficient (Wildman–Crippen LogP) is 3.59. The number of amides is 1. The van der Waals surface area contributed by atoms with E-state index in [4.69, 9.17) is 9.26 Å². The molecule has 1 fully saturated rings. The van der Waals surface area contributed by atoms with E-state index in [2.05, 4.69) is 27.7 Å². The first kappa shape index (κ1) is 16.0. The van der Waals surface area contributed by atoms with E-state index in [1.165, 1.54) is 18.2 Å². The minimum absolute atomic E-state index is 0.199. The highest BCUT2D eigenvalue weighted by Gasteiger charge is 2.33. The third-order valence-corrected chi connectivity index (χ3v) is 4.48. The Balaban J connectivity index is 2.03. The Kier molecular flexibility index (Phi) is 4.38. The summed E-state index contributed by atoms with van der Waals surface area (Å²) in [5.41, 5.74) is 1.38. The van der Waals surface area contributed by atoms with Crippen LogP contribution in [0, 0.1) is 3.57 Å². The van der Waals surface area contributed by atoms with Gasteiger partial charge in [0.2, 0.25) is 0 Å². The van der Waals surface area contributed by atoms with Crippen LogP contribution in [0.4, 0.5) is 10.5 Å². The molecule has 0 spiro atoms. The van der Waals surface area contributed by atoms with Crippen LogP contribution in [0.15, 0.2) is 28.9 Å². The van der Waals surface area contributed by atoms with Crippen molar-refractivity contribution >= 4 is 40.2 Å². The number of rotatable bonds is 4. The van der Waals surface area contributed by atoms with Gasteiger partial charge in [-0.3, -0.25) is 9.69 Å². The van der Waals surface area contributed by atoms with E-state index in [0.29, 0.717) is 22.6 Å². The van der Waals surface area contributed by atoms with Crippen molar-refractivity contribution in [2.75, 3.05) is 19.1 Å². The van der Waals surface area contributed by atoms with Crippen LogP contribution in [0.3, 0.4) is 0 Å². The van der Waals surface area contributed by atoms with Gasteiger partial charge in [-0.15, -0.1) is 0 Å². The molecule has 6 nitrogen and oxygen atoms in total. The molecule has 7 heteroatoms. The molecule has 3 rings (SSSR count). The summed E-state index contributed by atoms with van der Waals surface area (Å²) in [6, 6.07) is 5.31. The number of methoxy groups -OCH3 is 1. The van der Waals surface area contributed by atoms with Gasteiger partial charge in [0.15, 0.2) is 11.5 Å². The molecule has 0 saturated heterocycles. The number of aromatic nitrogens is 1. The summed E-state index contributed by atoms with van der Waals surface area (Å²) in [7, 11) is 2.88. The van der Waals surface area contributed by atoms with Crippen molar-refractivity contribution in [3.63, 3.8) is 0 Å². The summed E-state index contributed by atoms with van der Waals surface area (Å²) in [5.74, 6) is 0.720. The highest BCUT2D eigenvalue weighted by molar-refractivity contribution is 14.1. The van der Waals surface area contributed by atoms with Crippen molar-refractivity contribution in [1.82, 2.24) is 5.16 Å². The zero-order valence-corrected chi connectivity index (χ0v) is 14.9. The van der Waals surface area contributed by atoms with E-state index in [1.807, 2.05) is 6.07 Å². The van der Waals surface area contributed by atoms with Crippen LogP contribution in [-0.2, 0) is 4.74 Å². The van der Waals surface area contributed by atoms with E-state index in [0.717, 1.165) is 16.4 Å². The number of nitrogens with zero attached hydrogens (tertiary/aromatic N) is 2. The van der Waals surface area contributed by atoms with E-state index < -0.39 is 6.09 Å². The molecule has 0 radical (unpaired) electrons. The summed E-state index contributed by atoms with van der Waals surface area (Å²) in [6.07, 6.45) is 2.94. The zero-order valence-electron chi connectivity index (χ0n) is 12.7. The molecule has 0 unspecified atom stereocenters. The first-order valence-electron chi connectivity index (χ1n) is 7.13. The molecular formula is C16H15IN2O4. The maximum Gasteiger partial charge on any atom is 0.413 e. The zero-order chi connectivity index (χ0) is 16.6. The lowest BCUT2D eigenvalue weighted by Gasteiger charge is -2.19. The van der Waals surface area contributed by atoms with E-state index in [-0.39, 0.29) is 11.7 Å². The van der Waals surface area contributed by atoms with Crippen molar-refractivity contribution in [3.05, 3.63) is 44.9 Å². The summed E-state index contributed by atoms with van der Waals surface area (Å²) in [5, 5.41) is 3.77. The van der Waals surface area contributed by atoms with Crippen LogP contribution in [-0.4, -0.2) is 31.2 Å². The van der Waals surface area contributed by atoms with E-state index >= 15 is 0 Å². The second kappa shape index (κ2) is 6.31. The lowest BCUT2D eigenvalue weighted by atomic mass is 10.0. The summed E-state index contributed by atoms with van der Waals surface area (Å²) < 4.78 is 10.9. The van der Waals surface area contributed by atoms with Gasteiger partial charge in [-0.25, -0.2) is 4.79 Å². The lowest BCUT2D eigenvalue weighted by molar-refractivity contribution is 0.103. The van der Waals surface area contributed by atoms with Crippen molar-refractivity contribution in [1.29, 1.82) is 0 Å². The maximum atomic E-state index is 12.9. The summed E-state index contributed by atoms with van der Waals surface area (Å²) in [6.45, 7) is 0. The largest absolute Gasteiger partial charge is 0.452 e. The monoisotopic (exact) mass is 426 g/mol. The fraction of sp³-hybridized carbons (Fsp3) is 0.312. The van der Waals surface area contributed by atoms with Crippen LogP contribution >= 0.6 is 22.6 Å². The van der Waals surface area contributed by atoms with Gasteiger partial charge in [-0.05, 0) is 53.6 Å². The Morgan fingerprint density at radius 2 is 2.09 bits per heavy atom. The van der Waals surface area contributed by atoms with Crippen molar-refractivity contribution in [2.45, 2.75) is 18.8 Å². The molecule has 1 amide bonds. The lowest BCUT2D eigenvalue weighted by Crippen LogP contribution is -2.27. The second-order valence-electron chi connectivity index (χ2n) is 5.40. The number of carbonyl (C=O) groups excluding carboxylic acids is 2. The van der Waals surface area contributed by atoms with Gasteiger partial charge in [-0.1, -0.05) is 5.16 Å². The average Bonchev–Trinajstić information content (AvgIpc) is 3.29.